The largest absolute Gasteiger partial charge is 0.478 e. The number of pyridine rings is 1. The van der Waals surface area contributed by atoms with E-state index in [1.165, 1.54) is 0 Å². The van der Waals surface area contributed by atoms with Gasteiger partial charge in [-0.05, 0) is 6.07 Å². The van der Waals surface area contributed by atoms with Crippen LogP contribution in [0.2, 0.25) is 0 Å². The molecule has 0 fully saturated rings. The minimum absolute atomic E-state index is 0.153. The lowest BCUT2D eigenvalue weighted by molar-refractivity contribution is 0.0695. The Morgan fingerprint density at radius 2 is 2.31 bits per heavy atom. The van der Waals surface area contributed by atoms with Gasteiger partial charge in [-0.3, -0.25) is 0 Å². The molecule has 0 saturated heterocycles. The van der Waals surface area contributed by atoms with Crippen molar-refractivity contribution in [2.24, 2.45) is 0 Å². The summed E-state index contributed by atoms with van der Waals surface area (Å²) in [5.74, 6) is -1.77. The van der Waals surface area contributed by atoms with E-state index in [1.54, 1.807) is 6.07 Å². The van der Waals surface area contributed by atoms with Crippen LogP contribution in [0, 0.1) is 11.3 Å². The Morgan fingerprint density at radius 1 is 1.69 bits per heavy atom. The normalized spacial score (nSPS) is 10.2. The van der Waals surface area contributed by atoms with Gasteiger partial charge in [0.05, 0.1) is 22.7 Å². The smallest absolute Gasteiger partial charge is 0.337 e. The van der Waals surface area contributed by atoms with Crippen LogP contribution < -0.4 is 0 Å². The molecule has 0 bridgehead atoms. The van der Waals surface area contributed by atoms with E-state index < -0.39 is 23.7 Å². The van der Waals surface area contributed by atoms with Gasteiger partial charge in [-0.2, -0.15) is 5.26 Å². The molecule has 0 atom stereocenters. The third-order valence-electron chi connectivity index (χ3n) is 1.81. The van der Waals surface area contributed by atoms with E-state index >= 15 is 0 Å². The van der Waals surface area contributed by atoms with E-state index in [0.29, 0.717) is 6.07 Å². The van der Waals surface area contributed by atoms with Crippen molar-refractivity contribution in [2.45, 2.75) is 12.3 Å². The van der Waals surface area contributed by atoms with Gasteiger partial charge in [-0.25, -0.2) is 18.6 Å². The van der Waals surface area contributed by atoms with Gasteiger partial charge in [0.15, 0.2) is 0 Å². The number of hydrogen-bond acceptors (Lipinski definition) is 3. The Balaban J connectivity index is 3.51. The van der Waals surface area contributed by atoms with Gasteiger partial charge in [0, 0.05) is 0 Å². The molecule has 16 heavy (non-hydrogen) atoms. The van der Waals surface area contributed by atoms with Crippen LogP contribution in [0.1, 0.15) is 33.7 Å². The SMILES string of the molecule is N#Cc1c(C(=O)O)cc(C(F)F)nc1CCl. The molecule has 0 amide bonds. The molecule has 0 saturated carbocycles. The second-order valence-corrected chi connectivity index (χ2v) is 3.03. The lowest BCUT2D eigenvalue weighted by Gasteiger charge is -2.06. The van der Waals surface area contributed by atoms with Crippen molar-refractivity contribution in [3.05, 3.63) is 28.6 Å². The molecule has 1 aromatic heterocycles. The average molecular weight is 247 g/mol. The van der Waals surface area contributed by atoms with Crippen molar-refractivity contribution in [1.82, 2.24) is 4.98 Å². The van der Waals surface area contributed by atoms with E-state index in [4.69, 9.17) is 22.0 Å². The zero-order valence-corrected chi connectivity index (χ0v) is 8.50. The fourth-order valence-corrected chi connectivity index (χ4v) is 1.31. The van der Waals surface area contributed by atoms with Crippen LogP contribution in [0.3, 0.4) is 0 Å². The first-order chi connectivity index (χ1) is 7.51. The number of nitrogens with zero attached hydrogens (tertiary/aromatic N) is 2. The molecule has 1 rings (SSSR count). The number of halogens is 3. The highest BCUT2D eigenvalue weighted by Crippen LogP contribution is 2.22. The van der Waals surface area contributed by atoms with E-state index in [9.17, 15) is 13.6 Å². The van der Waals surface area contributed by atoms with E-state index in [-0.39, 0.29) is 17.1 Å². The maximum Gasteiger partial charge on any atom is 0.337 e. The summed E-state index contributed by atoms with van der Waals surface area (Å²) in [5.41, 5.74) is -1.65. The van der Waals surface area contributed by atoms with Gasteiger partial charge in [-0.1, -0.05) is 0 Å². The van der Waals surface area contributed by atoms with Gasteiger partial charge in [0.2, 0.25) is 0 Å². The average Bonchev–Trinajstić information content (AvgIpc) is 2.26. The first kappa shape index (κ1) is 12.3. The summed E-state index contributed by atoms with van der Waals surface area (Å²) in [6.45, 7) is 0. The highest BCUT2D eigenvalue weighted by Gasteiger charge is 2.20. The Morgan fingerprint density at radius 3 is 2.69 bits per heavy atom. The summed E-state index contributed by atoms with van der Waals surface area (Å²) in [6, 6.07) is 2.27. The molecule has 1 N–H and O–H groups in total. The molecule has 0 aromatic carbocycles. The van der Waals surface area contributed by atoms with Crippen LogP contribution >= 0.6 is 11.6 Å². The number of carboxylic acid groups (broad SMARTS) is 1. The van der Waals surface area contributed by atoms with Crippen molar-refractivity contribution in [2.75, 3.05) is 0 Å². The van der Waals surface area contributed by atoms with Crippen LogP contribution in [0.15, 0.2) is 6.07 Å². The van der Waals surface area contributed by atoms with Crippen molar-refractivity contribution >= 4 is 17.6 Å². The third kappa shape index (κ3) is 2.25. The number of rotatable bonds is 3. The first-order valence-electron chi connectivity index (χ1n) is 4.02. The standard InChI is InChI=1S/C9H5ClF2N2O2/c10-2-7-5(3-13)4(9(15)16)1-6(14-7)8(11)12/h1,8H,2H2,(H,15,16). The van der Waals surface area contributed by atoms with Gasteiger partial charge < -0.3 is 5.11 Å². The zero-order chi connectivity index (χ0) is 12.3. The maximum absolute atomic E-state index is 12.4. The summed E-state index contributed by atoms with van der Waals surface area (Å²) in [7, 11) is 0. The summed E-state index contributed by atoms with van der Waals surface area (Å²) < 4.78 is 24.8. The Labute approximate surface area is 94.1 Å². The molecular formula is C9H5ClF2N2O2. The van der Waals surface area contributed by atoms with Crippen LogP contribution in [0.5, 0.6) is 0 Å². The van der Waals surface area contributed by atoms with Crippen molar-refractivity contribution in [1.29, 1.82) is 5.26 Å². The molecule has 84 valence electrons. The molecular weight excluding hydrogens is 242 g/mol. The predicted octanol–water partition coefficient (Wildman–Crippen LogP) is 2.33. The lowest BCUT2D eigenvalue weighted by Crippen LogP contribution is -2.08. The highest BCUT2D eigenvalue weighted by molar-refractivity contribution is 6.17. The first-order valence-corrected chi connectivity index (χ1v) is 4.56. The van der Waals surface area contributed by atoms with Crippen LogP contribution in [-0.2, 0) is 5.88 Å². The molecule has 0 unspecified atom stereocenters. The molecule has 0 aliphatic rings. The van der Waals surface area contributed by atoms with Gasteiger partial charge in [0.1, 0.15) is 11.8 Å². The monoisotopic (exact) mass is 246 g/mol. The number of alkyl halides is 3. The predicted molar refractivity (Wildman–Crippen MR) is 50.4 cm³/mol. The maximum atomic E-state index is 12.4. The number of carboxylic acids is 1. The van der Waals surface area contributed by atoms with Crippen LogP contribution in [0.25, 0.3) is 0 Å². The van der Waals surface area contributed by atoms with E-state index in [0.717, 1.165) is 0 Å². The molecule has 4 nitrogen and oxygen atoms in total. The molecule has 0 radical (unpaired) electrons. The second kappa shape index (κ2) is 4.86. The van der Waals surface area contributed by atoms with Gasteiger partial charge >= 0.3 is 5.97 Å². The van der Waals surface area contributed by atoms with Gasteiger partial charge in [-0.15, -0.1) is 11.6 Å². The lowest BCUT2D eigenvalue weighted by atomic mass is 10.1. The van der Waals surface area contributed by atoms with Crippen LogP contribution in [-0.4, -0.2) is 16.1 Å². The number of aromatic nitrogens is 1. The van der Waals surface area contributed by atoms with E-state index in [2.05, 4.69) is 4.98 Å². The fourth-order valence-electron chi connectivity index (χ4n) is 1.12. The summed E-state index contributed by atoms with van der Waals surface area (Å²) in [6.07, 6.45) is -2.91. The van der Waals surface area contributed by atoms with Crippen molar-refractivity contribution in [3.8, 4) is 6.07 Å². The van der Waals surface area contributed by atoms with Crippen LogP contribution in [0.4, 0.5) is 8.78 Å². The number of hydrogen-bond donors (Lipinski definition) is 1. The third-order valence-corrected chi connectivity index (χ3v) is 2.06. The Bertz CT molecular complexity index is 471. The molecule has 0 spiro atoms. The Hall–Kier alpha value is -1.74. The fraction of sp³-hybridized carbons (Fsp3) is 0.222. The molecule has 0 aliphatic heterocycles. The van der Waals surface area contributed by atoms with Crippen molar-refractivity contribution < 1.29 is 18.7 Å². The molecule has 7 heteroatoms. The summed E-state index contributed by atoms with van der Waals surface area (Å²) in [5, 5.41) is 17.5. The zero-order valence-electron chi connectivity index (χ0n) is 7.75. The van der Waals surface area contributed by atoms with Crippen molar-refractivity contribution in [3.63, 3.8) is 0 Å². The molecule has 1 heterocycles. The highest BCUT2D eigenvalue weighted by atomic mass is 35.5. The number of carbonyl (C=O) groups is 1. The number of nitriles is 1. The van der Waals surface area contributed by atoms with E-state index in [1.807, 2.05) is 0 Å². The van der Waals surface area contributed by atoms with Gasteiger partial charge in [0.25, 0.3) is 6.43 Å². The second-order valence-electron chi connectivity index (χ2n) is 2.77. The Kier molecular flexibility index (Phi) is 3.74. The minimum atomic E-state index is -2.91. The topological polar surface area (TPSA) is 74.0 Å². The molecule has 1 aromatic rings. The number of aromatic carboxylic acids is 1. The minimum Gasteiger partial charge on any atom is -0.478 e. The molecule has 0 aliphatic carbocycles. The summed E-state index contributed by atoms with van der Waals surface area (Å²) in [4.78, 5) is 14.2. The quantitative estimate of drug-likeness (QED) is 0.831. The summed E-state index contributed by atoms with van der Waals surface area (Å²) >= 11 is 5.41.